The second kappa shape index (κ2) is 14.3. The molecule has 0 spiro atoms. The lowest BCUT2D eigenvalue weighted by atomic mass is 10.1. The summed E-state index contributed by atoms with van der Waals surface area (Å²) in [6.07, 6.45) is -4.58. The summed E-state index contributed by atoms with van der Waals surface area (Å²) in [4.78, 5) is 67.2. The Morgan fingerprint density at radius 1 is 0.842 bits per heavy atom. The molecule has 0 bridgehead atoms. The molecule has 6 rings (SSSR count). The van der Waals surface area contributed by atoms with Crippen molar-refractivity contribution in [2.75, 3.05) is 11.4 Å². The molecule has 308 valence electrons. The quantitative estimate of drug-likeness (QED) is 0.215. The van der Waals surface area contributed by atoms with Gasteiger partial charge >= 0.3 is 18.3 Å². The number of amides is 3. The Bertz CT molecular complexity index is 2360. The molecule has 20 heteroatoms. The Balaban J connectivity index is 1.41. The number of para-hydroxylation sites is 1. The first-order valence-corrected chi connectivity index (χ1v) is 19.4. The van der Waals surface area contributed by atoms with Gasteiger partial charge in [0, 0.05) is 0 Å². The SMILES string of the molecule is CC(C)(C)OC(=O)N(C(=O)OC(C)(C)C)c1ncnc2c1ncn2[C@@H]1O[C@H](CN(C(=O)OC(C)(C)C)S(=O)(=O)c2coc3ccccc3c2=O)[C@H]2OC(C)(C)O[C@H]21. The summed E-state index contributed by atoms with van der Waals surface area (Å²) in [5, 5.41) is -0.0144. The van der Waals surface area contributed by atoms with Crippen molar-refractivity contribution in [3.63, 3.8) is 0 Å². The summed E-state index contributed by atoms with van der Waals surface area (Å²) in [6, 6.07) is 6.08. The molecule has 0 unspecified atom stereocenters. The van der Waals surface area contributed by atoms with Gasteiger partial charge < -0.3 is 32.8 Å². The average Bonchev–Trinajstić information content (AvgIpc) is 3.72. The van der Waals surface area contributed by atoms with Crippen molar-refractivity contribution in [1.82, 2.24) is 23.8 Å². The summed E-state index contributed by atoms with van der Waals surface area (Å²) in [5.74, 6) is -1.47. The van der Waals surface area contributed by atoms with E-state index in [0.717, 1.165) is 12.6 Å². The van der Waals surface area contributed by atoms with E-state index >= 15 is 0 Å². The molecule has 5 heterocycles. The molecular formula is C37H46N6O13S. The normalized spacial score (nSPS) is 21.0. The standard InChI is InChI=1S/C37H46N6O13S/c1-34(2,3)54-31(45)42(57(48,49)23-17-50-21-15-13-12-14-20(21)25(23)44)16-22-26-27(53-37(10,11)52-26)30(51-22)41-19-40-24-28(41)38-18-39-29(24)43(32(46)55-35(4,5)6)33(47)56-36(7,8)9/h12-15,17-19,22,26-27,30H,16H2,1-11H3/t22-,26-,27-,30-/m1/s1. The molecule has 0 aliphatic carbocycles. The zero-order valence-electron chi connectivity index (χ0n) is 33.5. The number of carbonyl (C=O) groups excluding carboxylic acids is 3. The highest BCUT2D eigenvalue weighted by atomic mass is 32.2. The van der Waals surface area contributed by atoms with E-state index in [1.165, 1.54) is 23.0 Å². The molecule has 0 saturated carbocycles. The molecule has 2 fully saturated rings. The van der Waals surface area contributed by atoms with Gasteiger partial charge in [-0.15, -0.1) is 0 Å². The Morgan fingerprint density at radius 2 is 1.42 bits per heavy atom. The summed E-state index contributed by atoms with van der Waals surface area (Å²) in [7, 11) is -4.96. The van der Waals surface area contributed by atoms with Crippen LogP contribution in [-0.4, -0.2) is 98.0 Å². The third-order valence-electron chi connectivity index (χ3n) is 8.26. The molecule has 2 aliphatic heterocycles. The third-order valence-corrected chi connectivity index (χ3v) is 9.98. The highest BCUT2D eigenvalue weighted by Crippen LogP contribution is 2.45. The van der Waals surface area contributed by atoms with Crippen LogP contribution in [0.1, 0.15) is 82.4 Å². The van der Waals surface area contributed by atoms with Crippen LogP contribution in [0.4, 0.5) is 20.2 Å². The van der Waals surface area contributed by atoms with Crippen LogP contribution in [0.15, 0.2) is 57.3 Å². The van der Waals surface area contributed by atoms with Crippen LogP contribution in [0.25, 0.3) is 22.1 Å². The van der Waals surface area contributed by atoms with E-state index in [1.807, 2.05) is 0 Å². The molecule has 57 heavy (non-hydrogen) atoms. The fraction of sp³-hybridized carbons (Fsp3) is 0.541. The highest BCUT2D eigenvalue weighted by Gasteiger charge is 2.57. The fourth-order valence-electron chi connectivity index (χ4n) is 6.19. The first kappa shape index (κ1) is 41.5. The number of benzene rings is 1. The Hall–Kier alpha value is -5.18. The summed E-state index contributed by atoms with van der Waals surface area (Å²) in [6.45, 7) is 17.0. The van der Waals surface area contributed by atoms with Crippen molar-refractivity contribution >= 4 is 56.3 Å². The van der Waals surface area contributed by atoms with Gasteiger partial charge in [0.25, 0.3) is 10.0 Å². The molecule has 2 saturated heterocycles. The summed E-state index contributed by atoms with van der Waals surface area (Å²) < 4.78 is 71.5. The number of nitrogens with zero attached hydrogens (tertiary/aromatic N) is 6. The van der Waals surface area contributed by atoms with Crippen molar-refractivity contribution < 1.29 is 55.6 Å². The number of sulfonamides is 1. The van der Waals surface area contributed by atoms with E-state index in [-0.39, 0.29) is 28.0 Å². The Kier molecular flexibility index (Phi) is 10.4. The maximum absolute atomic E-state index is 14.3. The average molecular weight is 815 g/mol. The first-order valence-electron chi connectivity index (χ1n) is 18.0. The van der Waals surface area contributed by atoms with Crippen molar-refractivity contribution in [2.24, 2.45) is 0 Å². The van der Waals surface area contributed by atoms with Crippen LogP contribution in [0.3, 0.4) is 0 Å². The van der Waals surface area contributed by atoms with Crippen molar-refractivity contribution in [3.8, 4) is 0 Å². The van der Waals surface area contributed by atoms with E-state index in [9.17, 15) is 27.6 Å². The van der Waals surface area contributed by atoms with Gasteiger partial charge in [-0.2, -0.15) is 9.21 Å². The minimum absolute atomic E-state index is 0.0144. The smallest absolute Gasteiger partial charge is 0.425 e. The van der Waals surface area contributed by atoms with Crippen LogP contribution in [0.2, 0.25) is 0 Å². The molecule has 0 radical (unpaired) electrons. The van der Waals surface area contributed by atoms with E-state index < -0.39 is 92.3 Å². The monoisotopic (exact) mass is 814 g/mol. The number of carbonyl (C=O) groups is 3. The number of fused-ring (bicyclic) bond motifs is 3. The number of aromatic nitrogens is 4. The lowest BCUT2D eigenvalue weighted by molar-refractivity contribution is -0.196. The lowest BCUT2D eigenvalue weighted by Crippen LogP contribution is -2.48. The fourth-order valence-corrected chi connectivity index (χ4v) is 7.51. The number of hydrogen-bond donors (Lipinski definition) is 0. The Labute approximate surface area is 328 Å². The lowest BCUT2D eigenvalue weighted by Gasteiger charge is -2.30. The number of hydrogen-bond acceptors (Lipinski definition) is 16. The second-order valence-corrected chi connectivity index (χ2v) is 18.7. The number of rotatable bonds is 6. The van der Waals surface area contributed by atoms with Crippen LogP contribution >= 0.6 is 0 Å². The zero-order chi connectivity index (χ0) is 42.0. The molecule has 4 aromatic rings. The number of anilines is 1. The van der Waals surface area contributed by atoms with Crippen LogP contribution in [-0.2, 0) is 38.4 Å². The van der Waals surface area contributed by atoms with E-state index in [2.05, 4.69) is 15.0 Å². The first-order chi connectivity index (χ1) is 26.3. The number of imide groups is 1. The molecule has 2 aliphatic rings. The molecule has 0 N–H and O–H groups in total. The van der Waals surface area contributed by atoms with Gasteiger partial charge in [-0.1, -0.05) is 12.1 Å². The molecule has 4 atom stereocenters. The molecule has 3 aromatic heterocycles. The van der Waals surface area contributed by atoms with Crippen LogP contribution < -0.4 is 10.3 Å². The second-order valence-electron chi connectivity index (χ2n) is 16.9. The number of ether oxygens (including phenoxy) is 6. The minimum atomic E-state index is -4.96. The van der Waals surface area contributed by atoms with Crippen molar-refractivity contribution in [2.45, 2.75) is 128 Å². The topological polar surface area (TPSA) is 221 Å². The minimum Gasteiger partial charge on any atom is -0.463 e. The summed E-state index contributed by atoms with van der Waals surface area (Å²) >= 11 is 0. The van der Waals surface area contributed by atoms with Gasteiger partial charge in [0.05, 0.1) is 18.3 Å². The van der Waals surface area contributed by atoms with Gasteiger partial charge in [0.1, 0.15) is 53.3 Å². The van der Waals surface area contributed by atoms with Gasteiger partial charge in [-0.05, 0) is 88.3 Å². The maximum atomic E-state index is 14.3. The van der Waals surface area contributed by atoms with Crippen molar-refractivity contribution in [1.29, 1.82) is 0 Å². The molecule has 3 amide bonds. The molecule has 19 nitrogen and oxygen atoms in total. The zero-order valence-corrected chi connectivity index (χ0v) is 34.3. The van der Waals surface area contributed by atoms with Crippen molar-refractivity contribution in [3.05, 3.63) is 53.4 Å². The molecular weight excluding hydrogens is 769 g/mol. The van der Waals surface area contributed by atoms with Gasteiger partial charge in [-0.3, -0.25) is 9.36 Å². The highest BCUT2D eigenvalue weighted by molar-refractivity contribution is 7.89. The Morgan fingerprint density at radius 3 is 2.04 bits per heavy atom. The van der Waals surface area contributed by atoms with E-state index in [0.29, 0.717) is 9.21 Å². The van der Waals surface area contributed by atoms with E-state index in [4.69, 9.17) is 32.8 Å². The largest absolute Gasteiger partial charge is 0.463 e. The number of imidazole rings is 1. The predicted molar refractivity (Wildman–Crippen MR) is 201 cm³/mol. The predicted octanol–water partition coefficient (Wildman–Crippen LogP) is 5.65. The molecule has 1 aromatic carbocycles. The van der Waals surface area contributed by atoms with Crippen LogP contribution in [0.5, 0.6) is 0 Å². The third kappa shape index (κ3) is 8.58. The van der Waals surface area contributed by atoms with Gasteiger partial charge in [0.15, 0.2) is 33.9 Å². The van der Waals surface area contributed by atoms with Crippen LogP contribution in [0, 0.1) is 0 Å². The van der Waals surface area contributed by atoms with Gasteiger partial charge in [0.2, 0.25) is 5.43 Å². The maximum Gasteiger partial charge on any atom is 0.425 e. The summed E-state index contributed by atoms with van der Waals surface area (Å²) in [5.41, 5.74) is -3.85. The van der Waals surface area contributed by atoms with E-state index in [1.54, 1.807) is 88.3 Å². The van der Waals surface area contributed by atoms with Gasteiger partial charge in [-0.25, -0.2) is 37.8 Å².